The summed E-state index contributed by atoms with van der Waals surface area (Å²) in [4.78, 5) is 12.0. The van der Waals surface area contributed by atoms with E-state index in [4.69, 9.17) is 10.5 Å². The fraction of sp³-hybridized carbons (Fsp3) is 0.800. The highest BCUT2D eigenvalue weighted by molar-refractivity contribution is 5.88. The predicted octanol–water partition coefficient (Wildman–Crippen LogP) is 4.00. The van der Waals surface area contributed by atoms with Gasteiger partial charge in [0.15, 0.2) is 0 Å². The summed E-state index contributed by atoms with van der Waals surface area (Å²) >= 11 is 0. The topological polar surface area (TPSA) is 52.3 Å². The number of carbonyl (C=O) groups excluding carboxylic acids is 1. The Morgan fingerprint density at radius 3 is 2.21 bits per heavy atom. The maximum Gasteiger partial charge on any atom is 0.333 e. The van der Waals surface area contributed by atoms with Crippen molar-refractivity contribution in [1.82, 2.24) is 0 Å². The maximum absolute atomic E-state index is 12.0. The van der Waals surface area contributed by atoms with Gasteiger partial charge in [-0.25, -0.2) is 4.79 Å². The van der Waals surface area contributed by atoms with E-state index in [0.29, 0.717) is 12.1 Å². The molecule has 114 valence electrons. The summed E-state index contributed by atoms with van der Waals surface area (Å²) in [5, 5.41) is 0. The third kappa shape index (κ3) is 7.58. The van der Waals surface area contributed by atoms with Crippen LogP contribution in [0.15, 0.2) is 11.6 Å². The van der Waals surface area contributed by atoms with E-state index in [2.05, 4.69) is 6.92 Å². The second-order valence-corrected chi connectivity index (χ2v) is 4.87. The van der Waals surface area contributed by atoms with Crippen molar-refractivity contribution in [3.63, 3.8) is 0 Å². The molecule has 0 unspecified atom stereocenters. The molecule has 4 heteroatoms. The standard InChI is InChI=1S/C15H29NO2.ClH/c1-5-8-9-10-11-13(4)14(17)18-15(6-2,7-3)12-16;/h11H,5-10,12,16H2,1-4H3;1H. The highest BCUT2D eigenvalue weighted by atomic mass is 35.5. The first kappa shape index (κ1) is 20.8. The molecular weight excluding hydrogens is 262 g/mol. The summed E-state index contributed by atoms with van der Waals surface area (Å²) in [6.07, 6.45) is 7.97. The molecule has 0 spiro atoms. The first-order chi connectivity index (χ1) is 8.55. The molecule has 0 atom stereocenters. The molecule has 0 saturated carbocycles. The van der Waals surface area contributed by atoms with Crippen molar-refractivity contribution in [2.24, 2.45) is 5.73 Å². The van der Waals surface area contributed by atoms with E-state index in [-0.39, 0.29) is 18.4 Å². The van der Waals surface area contributed by atoms with Crippen LogP contribution in [0.25, 0.3) is 0 Å². The zero-order valence-electron chi connectivity index (χ0n) is 12.8. The Kier molecular flexibility index (Phi) is 12.4. The molecule has 0 fully saturated rings. The van der Waals surface area contributed by atoms with Gasteiger partial charge >= 0.3 is 5.97 Å². The number of hydrogen-bond donors (Lipinski definition) is 1. The van der Waals surface area contributed by atoms with Crippen molar-refractivity contribution in [2.45, 2.75) is 71.8 Å². The Bertz CT molecular complexity index is 265. The fourth-order valence-corrected chi connectivity index (χ4v) is 1.80. The van der Waals surface area contributed by atoms with E-state index in [1.54, 1.807) is 0 Å². The number of carbonyl (C=O) groups is 1. The van der Waals surface area contributed by atoms with Crippen LogP contribution in [0.2, 0.25) is 0 Å². The molecule has 0 aliphatic heterocycles. The zero-order valence-corrected chi connectivity index (χ0v) is 13.6. The number of allylic oxidation sites excluding steroid dienone is 1. The fourth-order valence-electron chi connectivity index (χ4n) is 1.80. The van der Waals surface area contributed by atoms with Crippen LogP contribution >= 0.6 is 12.4 Å². The molecule has 0 aromatic heterocycles. The first-order valence-corrected chi connectivity index (χ1v) is 7.15. The summed E-state index contributed by atoms with van der Waals surface area (Å²) in [6, 6.07) is 0. The molecule has 19 heavy (non-hydrogen) atoms. The SMILES string of the molecule is CCCCCC=C(C)C(=O)OC(CC)(CC)CN.Cl. The lowest BCUT2D eigenvalue weighted by atomic mass is 9.97. The summed E-state index contributed by atoms with van der Waals surface area (Å²) in [5.41, 5.74) is 5.93. The van der Waals surface area contributed by atoms with Crippen LogP contribution in [0.3, 0.4) is 0 Å². The lowest BCUT2D eigenvalue weighted by Crippen LogP contribution is -2.41. The number of esters is 1. The molecule has 0 aromatic carbocycles. The number of hydrogen-bond acceptors (Lipinski definition) is 3. The monoisotopic (exact) mass is 291 g/mol. The summed E-state index contributed by atoms with van der Waals surface area (Å²) in [7, 11) is 0. The average Bonchev–Trinajstić information content (AvgIpc) is 2.40. The van der Waals surface area contributed by atoms with Gasteiger partial charge in [0, 0.05) is 12.1 Å². The lowest BCUT2D eigenvalue weighted by molar-refractivity contribution is -0.154. The van der Waals surface area contributed by atoms with Gasteiger partial charge < -0.3 is 10.5 Å². The van der Waals surface area contributed by atoms with Gasteiger partial charge in [-0.05, 0) is 32.6 Å². The maximum atomic E-state index is 12.0. The van der Waals surface area contributed by atoms with Gasteiger partial charge in [-0.1, -0.05) is 39.7 Å². The van der Waals surface area contributed by atoms with E-state index in [1.807, 2.05) is 26.8 Å². The van der Waals surface area contributed by atoms with Gasteiger partial charge in [-0.3, -0.25) is 0 Å². The molecule has 0 aliphatic rings. The molecule has 0 bridgehead atoms. The molecular formula is C15H30ClNO2. The second-order valence-electron chi connectivity index (χ2n) is 4.87. The molecule has 3 nitrogen and oxygen atoms in total. The number of rotatable bonds is 9. The van der Waals surface area contributed by atoms with Gasteiger partial charge in [0.2, 0.25) is 0 Å². The Morgan fingerprint density at radius 1 is 1.21 bits per heavy atom. The van der Waals surface area contributed by atoms with E-state index in [9.17, 15) is 4.79 Å². The molecule has 0 rings (SSSR count). The van der Waals surface area contributed by atoms with E-state index in [1.165, 1.54) is 12.8 Å². The minimum absolute atomic E-state index is 0. The van der Waals surface area contributed by atoms with Crippen molar-refractivity contribution >= 4 is 18.4 Å². The van der Waals surface area contributed by atoms with Crippen molar-refractivity contribution in [3.8, 4) is 0 Å². The van der Waals surface area contributed by atoms with Crippen LogP contribution in [-0.2, 0) is 9.53 Å². The van der Waals surface area contributed by atoms with Gasteiger partial charge in [0.1, 0.15) is 5.60 Å². The van der Waals surface area contributed by atoms with Crippen molar-refractivity contribution < 1.29 is 9.53 Å². The molecule has 0 saturated heterocycles. The van der Waals surface area contributed by atoms with Crippen LogP contribution in [0.5, 0.6) is 0 Å². The molecule has 0 heterocycles. The zero-order chi connectivity index (χ0) is 14.0. The Hall–Kier alpha value is -0.540. The third-order valence-corrected chi connectivity index (χ3v) is 3.55. The number of unbranched alkanes of at least 4 members (excludes halogenated alkanes) is 3. The second kappa shape index (κ2) is 11.3. The summed E-state index contributed by atoms with van der Waals surface area (Å²) < 4.78 is 5.57. The third-order valence-electron chi connectivity index (χ3n) is 3.55. The van der Waals surface area contributed by atoms with Gasteiger partial charge in [0.25, 0.3) is 0 Å². The van der Waals surface area contributed by atoms with Crippen LogP contribution < -0.4 is 5.73 Å². The van der Waals surface area contributed by atoms with Crippen molar-refractivity contribution in [2.75, 3.05) is 6.54 Å². The van der Waals surface area contributed by atoms with Crippen molar-refractivity contribution in [3.05, 3.63) is 11.6 Å². The van der Waals surface area contributed by atoms with Gasteiger partial charge in [-0.15, -0.1) is 12.4 Å². The minimum atomic E-state index is -0.490. The van der Waals surface area contributed by atoms with Crippen LogP contribution in [0.4, 0.5) is 0 Å². The molecule has 2 N–H and O–H groups in total. The predicted molar refractivity (Wildman–Crippen MR) is 83.6 cm³/mol. The normalized spacial score (nSPS) is 11.9. The van der Waals surface area contributed by atoms with Gasteiger partial charge in [0.05, 0.1) is 0 Å². The largest absolute Gasteiger partial charge is 0.454 e. The van der Waals surface area contributed by atoms with E-state index < -0.39 is 5.60 Å². The van der Waals surface area contributed by atoms with Crippen LogP contribution in [-0.4, -0.2) is 18.1 Å². The molecule has 0 amide bonds. The number of nitrogens with two attached hydrogens (primary N) is 1. The number of halogens is 1. The summed E-state index contributed by atoms with van der Waals surface area (Å²) in [5.74, 6) is -0.222. The highest BCUT2D eigenvalue weighted by Crippen LogP contribution is 2.20. The highest BCUT2D eigenvalue weighted by Gasteiger charge is 2.29. The molecule has 0 aliphatic carbocycles. The number of ether oxygens (including phenoxy) is 1. The minimum Gasteiger partial charge on any atom is -0.454 e. The Balaban J connectivity index is 0. The first-order valence-electron chi connectivity index (χ1n) is 7.15. The van der Waals surface area contributed by atoms with Gasteiger partial charge in [-0.2, -0.15) is 0 Å². The average molecular weight is 292 g/mol. The Labute approximate surface area is 124 Å². The van der Waals surface area contributed by atoms with Crippen molar-refractivity contribution in [1.29, 1.82) is 0 Å². The molecule has 0 radical (unpaired) electrons. The summed E-state index contributed by atoms with van der Waals surface area (Å²) in [6.45, 7) is 8.38. The van der Waals surface area contributed by atoms with E-state index >= 15 is 0 Å². The smallest absolute Gasteiger partial charge is 0.333 e. The quantitative estimate of drug-likeness (QED) is 0.397. The van der Waals surface area contributed by atoms with Crippen LogP contribution in [0, 0.1) is 0 Å². The van der Waals surface area contributed by atoms with Crippen LogP contribution in [0.1, 0.15) is 66.2 Å². The lowest BCUT2D eigenvalue weighted by Gasteiger charge is -2.30. The van der Waals surface area contributed by atoms with E-state index in [0.717, 1.165) is 25.7 Å². The Morgan fingerprint density at radius 2 is 1.79 bits per heavy atom. The molecule has 0 aromatic rings.